The van der Waals surface area contributed by atoms with E-state index < -0.39 is 0 Å². The van der Waals surface area contributed by atoms with Crippen LogP contribution in [0.3, 0.4) is 0 Å². The molecule has 4 heteroatoms. The molecule has 0 amide bonds. The Morgan fingerprint density at radius 3 is 2.83 bits per heavy atom. The molecule has 0 aliphatic carbocycles. The SMILES string of the molecule is COc1ccc(NCO)c(N)c1. The summed E-state index contributed by atoms with van der Waals surface area (Å²) in [6.07, 6.45) is 0. The van der Waals surface area contributed by atoms with Crippen LogP contribution in [-0.2, 0) is 0 Å². The second-order valence-electron chi connectivity index (χ2n) is 2.29. The van der Waals surface area contributed by atoms with E-state index in [-0.39, 0.29) is 6.73 Å². The van der Waals surface area contributed by atoms with Gasteiger partial charge in [-0.2, -0.15) is 0 Å². The molecule has 12 heavy (non-hydrogen) atoms. The van der Waals surface area contributed by atoms with Crippen LogP contribution in [-0.4, -0.2) is 18.9 Å². The van der Waals surface area contributed by atoms with Gasteiger partial charge in [-0.15, -0.1) is 0 Å². The number of benzene rings is 1. The molecule has 0 aromatic heterocycles. The molecule has 4 nitrogen and oxygen atoms in total. The zero-order valence-corrected chi connectivity index (χ0v) is 6.87. The summed E-state index contributed by atoms with van der Waals surface area (Å²) in [6, 6.07) is 5.22. The third kappa shape index (κ3) is 1.79. The molecule has 0 aliphatic heterocycles. The van der Waals surface area contributed by atoms with Crippen molar-refractivity contribution in [1.82, 2.24) is 0 Å². The number of hydrogen-bond acceptors (Lipinski definition) is 4. The fourth-order valence-corrected chi connectivity index (χ4v) is 0.914. The number of aliphatic hydroxyl groups is 1. The molecular formula is C8H12N2O2. The maximum absolute atomic E-state index is 8.57. The Hall–Kier alpha value is -1.42. The largest absolute Gasteiger partial charge is 0.497 e. The number of nitrogen functional groups attached to an aromatic ring is 1. The molecule has 0 saturated carbocycles. The molecule has 0 aliphatic rings. The lowest BCUT2D eigenvalue weighted by Gasteiger charge is -2.07. The van der Waals surface area contributed by atoms with Crippen molar-refractivity contribution in [3.63, 3.8) is 0 Å². The Morgan fingerprint density at radius 1 is 1.58 bits per heavy atom. The van der Waals surface area contributed by atoms with E-state index in [9.17, 15) is 0 Å². The zero-order chi connectivity index (χ0) is 8.97. The van der Waals surface area contributed by atoms with Gasteiger partial charge in [0.2, 0.25) is 0 Å². The van der Waals surface area contributed by atoms with Crippen LogP contribution in [0.2, 0.25) is 0 Å². The number of anilines is 2. The van der Waals surface area contributed by atoms with Crippen LogP contribution in [0.5, 0.6) is 5.75 Å². The van der Waals surface area contributed by atoms with Gasteiger partial charge in [0.25, 0.3) is 0 Å². The highest BCUT2D eigenvalue weighted by molar-refractivity contribution is 5.67. The lowest BCUT2D eigenvalue weighted by atomic mass is 10.2. The van der Waals surface area contributed by atoms with E-state index in [4.69, 9.17) is 15.6 Å². The summed E-state index contributed by atoms with van der Waals surface area (Å²) in [5, 5.41) is 11.3. The summed E-state index contributed by atoms with van der Waals surface area (Å²) in [7, 11) is 1.58. The topological polar surface area (TPSA) is 67.5 Å². The minimum Gasteiger partial charge on any atom is -0.497 e. The second kappa shape index (κ2) is 3.82. The Balaban J connectivity index is 2.87. The van der Waals surface area contributed by atoms with E-state index in [1.54, 1.807) is 25.3 Å². The standard InChI is InChI=1S/C8H12N2O2/c1-12-6-2-3-8(10-5-11)7(9)4-6/h2-4,10-11H,5,9H2,1H3. The first-order valence-electron chi connectivity index (χ1n) is 3.56. The predicted octanol–water partition coefficient (Wildman–Crippen LogP) is 0.639. The van der Waals surface area contributed by atoms with E-state index in [2.05, 4.69) is 5.32 Å². The number of ether oxygens (including phenoxy) is 1. The lowest BCUT2D eigenvalue weighted by molar-refractivity contribution is 0.326. The number of rotatable bonds is 3. The van der Waals surface area contributed by atoms with Crippen molar-refractivity contribution in [1.29, 1.82) is 0 Å². The van der Waals surface area contributed by atoms with Gasteiger partial charge in [0.1, 0.15) is 12.5 Å². The Labute approximate surface area is 71.0 Å². The van der Waals surface area contributed by atoms with Crippen LogP contribution < -0.4 is 15.8 Å². The zero-order valence-electron chi connectivity index (χ0n) is 6.87. The Morgan fingerprint density at radius 2 is 2.33 bits per heavy atom. The van der Waals surface area contributed by atoms with Gasteiger partial charge in [-0.25, -0.2) is 0 Å². The summed E-state index contributed by atoms with van der Waals surface area (Å²) in [4.78, 5) is 0. The molecule has 66 valence electrons. The monoisotopic (exact) mass is 168 g/mol. The molecule has 1 rings (SSSR count). The average molecular weight is 168 g/mol. The highest BCUT2D eigenvalue weighted by atomic mass is 16.5. The fraction of sp³-hybridized carbons (Fsp3) is 0.250. The molecule has 0 atom stereocenters. The fourth-order valence-electron chi connectivity index (χ4n) is 0.914. The molecule has 4 N–H and O–H groups in total. The maximum Gasteiger partial charge on any atom is 0.121 e. The van der Waals surface area contributed by atoms with Gasteiger partial charge in [-0.3, -0.25) is 0 Å². The van der Waals surface area contributed by atoms with Crippen molar-refractivity contribution in [2.75, 3.05) is 24.9 Å². The van der Waals surface area contributed by atoms with Gasteiger partial charge in [0.05, 0.1) is 18.5 Å². The van der Waals surface area contributed by atoms with Crippen LogP contribution in [0.4, 0.5) is 11.4 Å². The third-order valence-electron chi connectivity index (χ3n) is 1.53. The molecule has 0 spiro atoms. The first-order chi connectivity index (χ1) is 5.77. The number of methoxy groups -OCH3 is 1. The van der Waals surface area contributed by atoms with E-state index in [0.717, 1.165) is 0 Å². The quantitative estimate of drug-likeness (QED) is 0.457. The lowest BCUT2D eigenvalue weighted by Crippen LogP contribution is -2.02. The molecule has 1 aromatic carbocycles. The van der Waals surface area contributed by atoms with E-state index in [0.29, 0.717) is 17.1 Å². The summed E-state index contributed by atoms with van der Waals surface area (Å²) >= 11 is 0. The predicted molar refractivity (Wildman–Crippen MR) is 48.1 cm³/mol. The van der Waals surface area contributed by atoms with Crippen LogP contribution in [0.15, 0.2) is 18.2 Å². The summed E-state index contributed by atoms with van der Waals surface area (Å²) < 4.78 is 4.96. The summed E-state index contributed by atoms with van der Waals surface area (Å²) in [5.41, 5.74) is 6.89. The van der Waals surface area contributed by atoms with E-state index >= 15 is 0 Å². The molecular weight excluding hydrogens is 156 g/mol. The Kier molecular flexibility index (Phi) is 2.76. The van der Waals surface area contributed by atoms with Crippen molar-refractivity contribution in [3.05, 3.63) is 18.2 Å². The minimum absolute atomic E-state index is 0.128. The van der Waals surface area contributed by atoms with Crippen molar-refractivity contribution in [2.45, 2.75) is 0 Å². The smallest absolute Gasteiger partial charge is 0.121 e. The minimum atomic E-state index is -0.128. The number of hydrogen-bond donors (Lipinski definition) is 3. The van der Waals surface area contributed by atoms with Crippen molar-refractivity contribution < 1.29 is 9.84 Å². The third-order valence-corrected chi connectivity index (χ3v) is 1.53. The van der Waals surface area contributed by atoms with Crippen molar-refractivity contribution >= 4 is 11.4 Å². The molecule has 1 aromatic rings. The van der Waals surface area contributed by atoms with Crippen LogP contribution in [0.1, 0.15) is 0 Å². The number of nitrogens with two attached hydrogens (primary N) is 1. The highest BCUT2D eigenvalue weighted by Crippen LogP contribution is 2.23. The Bertz CT molecular complexity index is 263. The maximum atomic E-state index is 8.57. The number of aliphatic hydroxyl groups excluding tert-OH is 1. The normalized spacial score (nSPS) is 9.50. The first kappa shape index (κ1) is 8.67. The van der Waals surface area contributed by atoms with E-state index in [1.807, 2.05) is 0 Å². The summed E-state index contributed by atoms with van der Waals surface area (Å²) in [6.45, 7) is -0.128. The first-order valence-corrected chi connectivity index (χ1v) is 3.56. The van der Waals surface area contributed by atoms with Crippen LogP contribution in [0.25, 0.3) is 0 Å². The average Bonchev–Trinajstić information content (AvgIpc) is 2.09. The van der Waals surface area contributed by atoms with Crippen molar-refractivity contribution in [3.8, 4) is 5.75 Å². The molecule has 0 unspecified atom stereocenters. The molecule has 0 bridgehead atoms. The van der Waals surface area contributed by atoms with Gasteiger partial charge in [0, 0.05) is 6.07 Å². The number of nitrogens with one attached hydrogen (secondary N) is 1. The summed E-state index contributed by atoms with van der Waals surface area (Å²) in [5.74, 6) is 0.705. The molecule has 0 saturated heterocycles. The highest BCUT2D eigenvalue weighted by Gasteiger charge is 1.98. The van der Waals surface area contributed by atoms with Crippen molar-refractivity contribution in [2.24, 2.45) is 0 Å². The van der Waals surface area contributed by atoms with Crippen LogP contribution in [0, 0.1) is 0 Å². The van der Waals surface area contributed by atoms with Crippen LogP contribution >= 0.6 is 0 Å². The van der Waals surface area contributed by atoms with Gasteiger partial charge in [-0.1, -0.05) is 0 Å². The molecule has 0 heterocycles. The van der Waals surface area contributed by atoms with Gasteiger partial charge < -0.3 is 20.9 Å². The van der Waals surface area contributed by atoms with Gasteiger partial charge in [0.15, 0.2) is 0 Å². The van der Waals surface area contributed by atoms with E-state index in [1.165, 1.54) is 0 Å². The molecule has 0 radical (unpaired) electrons. The molecule has 0 fully saturated rings. The van der Waals surface area contributed by atoms with Gasteiger partial charge >= 0.3 is 0 Å². The second-order valence-corrected chi connectivity index (χ2v) is 2.29. The van der Waals surface area contributed by atoms with Gasteiger partial charge in [-0.05, 0) is 12.1 Å².